The van der Waals surface area contributed by atoms with Crippen molar-refractivity contribution in [3.8, 4) is 5.75 Å². The number of nitrogens with two attached hydrogens (primary N) is 1. The molecule has 1 aromatic carbocycles. The van der Waals surface area contributed by atoms with Crippen molar-refractivity contribution < 1.29 is 19.1 Å². The maximum Gasteiger partial charge on any atom is 0.260 e. The SMILES string of the molecule is C[C@@H]1CCC[C@H](C)N1C(=O)COc1ccc(C(=O)NC2(CC(N)=O)CCC2)cc1. The summed E-state index contributed by atoms with van der Waals surface area (Å²) in [7, 11) is 0. The molecule has 1 saturated heterocycles. The van der Waals surface area contributed by atoms with Crippen molar-refractivity contribution in [3.05, 3.63) is 29.8 Å². The molecule has 2 aliphatic rings. The number of piperidine rings is 1. The van der Waals surface area contributed by atoms with Crippen LogP contribution in [0.1, 0.15) is 69.2 Å². The third kappa shape index (κ3) is 5.08. The topological polar surface area (TPSA) is 102 Å². The van der Waals surface area contributed by atoms with Crippen LogP contribution >= 0.6 is 0 Å². The third-order valence-corrected chi connectivity index (χ3v) is 6.16. The van der Waals surface area contributed by atoms with E-state index in [9.17, 15) is 14.4 Å². The van der Waals surface area contributed by atoms with E-state index >= 15 is 0 Å². The second kappa shape index (κ2) is 8.84. The van der Waals surface area contributed by atoms with Crippen LogP contribution in [0.4, 0.5) is 0 Å². The Labute approximate surface area is 172 Å². The summed E-state index contributed by atoms with van der Waals surface area (Å²) in [6.45, 7) is 4.14. The summed E-state index contributed by atoms with van der Waals surface area (Å²) in [5.74, 6) is -0.104. The van der Waals surface area contributed by atoms with E-state index < -0.39 is 11.4 Å². The first-order valence-corrected chi connectivity index (χ1v) is 10.4. The van der Waals surface area contributed by atoms with Crippen LogP contribution in [0.15, 0.2) is 24.3 Å². The maximum absolute atomic E-state index is 12.6. The van der Waals surface area contributed by atoms with Gasteiger partial charge in [0.1, 0.15) is 5.75 Å². The molecule has 1 heterocycles. The normalized spacial score (nSPS) is 23.0. The smallest absolute Gasteiger partial charge is 0.260 e. The van der Waals surface area contributed by atoms with E-state index in [2.05, 4.69) is 19.2 Å². The van der Waals surface area contributed by atoms with Crippen molar-refractivity contribution in [2.45, 2.75) is 76.4 Å². The summed E-state index contributed by atoms with van der Waals surface area (Å²) < 4.78 is 5.65. The molecule has 3 rings (SSSR count). The Morgan fingerprint density at radius 2 is 1.72 bits per heavy atom. The van der Waals surface area contributed by atoms with Crippen molar-refractivity contribution >= 4 is 17.7 Å². The summed E-state index contributed by atoms with van der Waals surface area (Å²) in [5.41, 5.74) is 5.29. The Balaban J connectivity index is 1.54. The molecule has 1 saturated carbocycles. The number of hydrogen-bond acceptors (Lipinski definition) is 4. The number of hydrogen-bond donors (Lipinski definition) is 2. The number of rotatable bonds is 7. The predicted molar refractivity (Wildman–Crippen MR) is 109 cm³/mol. The first-order valence-electron chi connectivity index (χ1n) is 10.4. The number of primary amides is 1. The van der Waals surface area contributed by atoms with E-state index in [1.165, 1.54) is 0 Å². The highest BCUT2D eigenvalue weighted by molar-refractivity contribution is 5.95. The zero-order valence-corrected chi connectivity index (χ0v) is 17.3. The summed E-state index contributed by atoms with van der Waals surface area (Å²) in [4.78, 5) is 38.3. The molecule has 29 heavy (non-hydrogen) atoms. The molecule has 0 aromatic heterocycles. The number of benzene rings is 1. The molecule has 2 fully saturated rings. The lowest BCUT2D eigenvalue weighted by Gasteiger charge is -2.41. The van der Waals surface area contributed by atoms with Gasteiger partial charge in [-0.1, -0.05) is 0 Å². The molecule has 2 atom stereocenters. The van der Waals surface area contributed by atoms with E-state index in [4.69, 9.17) is 10.5 Å². The molecule has 3 amide bonds. The number of nitrogens with one attached hydrogen (secondary N) is 1. The largest absolute Gasteiger partial charge is 0.484 e. The number of nitrogens with zero attached hydrogens (tertiary/aromatic N) is 1. The predicted octanol–water partition coefficient (Wildman–Crippen LogP) is 2.38. The molecule has 7 heteroatoms. The Bertz CT molecular complexity index is 748. The second-order valence-corrected chi connectivity index (χ2v) is 8.47. The lowest BCUT2D eigenvalue weighted by molar-refractivity contribution is -0.139. The van der Waals surface area contributed by atoms with Gasteiger partial charge in [-0.3, -0.25) is 14.4 Å². The van der Waals surface area contributed by atoms with Gasteiger partial charge in [0, 0.05) is 29.6 Å². The number of ether oxygens (including phenoxy) is 1. The Kier molecular flexibility index (Phi) is 6.45. The van der Waals surface area contributed by atoms with E-state index in [0.717, 1.165) is 38.5 Å². The standard InChI is InChI=1S/C22H31N3O4/c1-15-5-3-6-16(2)25(15)20(27)14-29-18-9-7-17(8-10-18)21(28)24-22(11-4-12-22)13-19(23)26/h7-10,15-16H,3-6,11-14H2,1-2H3,(H2,23,26)(H,24,28)/t15-,16+. The van der Waals surface area contributed by atoms with Crippen molar-refractivity contribution in [3.63, 3.8) is 0 Å². The molecular formula is C22H31N3O4. The molecule has 0 spiro atoms. The van der Waals surface area contributed by atoms with Gasteiger partial charge in [0.05, 0.1) is 0 Å². The van der Waals surface area contributed by atoms with Gasteiger partial charge in [0.2, 0.25) is 5.91 Å². The summed E-state index contributed by atoms with van der Waals surface area (Å²) in [6.07, 6.45) is 5.86. The van der Waals surface area contributed by atoms with Crippen LogP contribution in [0.5, 0.6) is 5.75 Å². The Morgan fingerprint density at radius 3 is 2.24 bits per heavy atom. The van der Waals surface area contributed by atoms with Crippen LogP contribution in [-0.4, -0.2) is 46.9 Å². The van der Waals surface area contributed by atoms with Crippen LogP contribution in [-0.2, 0) is 9.59 Å². The van der Waals surface area contributed by atoms with E-state index in [-0.39, 0.29) is 36.9 Å². The van der Waals surface area contributed by atoms with Gasteiger partial charge >= 0.3 is 0 Å². The average molecular weight is 402 g/mol. The second-order valence-electron chi connectivity index (χ2n) is 8.47. The minimum absolute atomic E-state index is 0.00936. The number of carbonyl (C=O) groups excluding carboxylic acids is 3. The van der Waals surface area contributed by atoms with Gasteiger partial charge in [0.25, 0.3) is 11.8 Å². The zero-order valence-electron chi connectivity index (χ0n) is 17.3. The highest BCUT2D eigenvalue weighted by Crippen LogP contribution is 2.35. The monoisotopic (exact) mass is 401 g/mol. The summed E-state index contributed by atoms with van der Waals surface area (Å²) in [6, 6.07) is 7.18. The van der Waals surface area contributed by atoms with Crippen LogP contribution in [0.3, 0.4) is 0 Å². The van der Waals surface area contributed by atoms with Gasteiger partial charge in [-0.25, -0.2) is 0 Å². The van der Waals surface area contributed by atoms with Gasteiger partial charge < -0.3 is 20.7 Å². The molecule has 1 aromatic rings. The average Bonchev–Trinajstić information content (AvgIpc) is 2.64. The highest BCUT2D eigenvalue weighted by Gasteiger charge is 2.39. The number of likely N-dealkylation sites (tertiary alicyclic amines) is 1. The van der Waals surface area contributed by atoms with Crippen LogP contribution in [0.25, 0.3) is 0 Å². The molecule has 0 unspecified atom stereocenters. The zero-order chi connectivity index (χ0) is 21.0. The Morgan fingerprint density at radius 1 is 1.10 bits per heavy atom. The lowest BCUT2D eigenvalue weighted by Crippen LogP contribution is -2.55. The van der Waals surface area contributed by atoms with Gasteiger partial charge in [-0.2, -0.15) is 0 Å². The molecular weight excluding hydrogens is 370 g/mol. The van der Waals surface area contributed by atoms with Gasteiger partial charge in [-0.05, 0) is 76.6 Å². The quantitative estimate of drug-likeness (QED) is 0.732. The van der Waals surface area contributed by atoms with Crippen molar-refractivity contribution in [1.82, 2.24) is 10.2 Å². The summed E-state index contributed by atoms with van der Waals surface area (Å²) >= 11 is 0. The van der Waals surface area contributed by atoms with Gasteiger partial charge in [0.15, 0.2) is 6.61 Å². The molecule has 7 nitrogen and oxygen atoms in total. The highest BCUT2D eigenvalue weighted by atomic mass is 16.5. The maximum atomic E-state index is 12.6. The van der Waals surface area contributed by atoms with E-state index in [1.807, 2.05) is 4.90 Å². The molecule has 0 bridgehead atoms. The first-order chi connectivity index (χ1) is 13.8. The summed E-state index contributed by atoms with van der Waals surface area (Å²) in [5, 5.41) is 2.96. The van der Waals surface area contributed by atoms with Crippen molar-refractivity contribution in [2.24, 2.45) is 5.73 Å². The van der Waals surface area contributed by atoms with Crippen LogP contribution < -0.4 is 15.8 Å². The minimum Gasteiger partial charge on any atom is -0.484 e. The lowest BCUT2D eigenvalue weighted by atomic mass is 9.74. The van der Waals surface area contributed by atoms with E-state index in [1.54, 1.807) is 24.3 Å². The number of amides is 3. The van der Waals surface area contributed by atoms with Gasteiger partial charge in [-0.15, -0.1) is 0 Å². The van der Waals surface area contributed by atoms with Crippen molar-refractivity contribution in [1.29, 1.82) is 0 Å². The van der Waals surface area contributed by atoms with Crippen LogP contribution in [0, 0.1) is 0 Å². The van der Waals surface area contributed by atoms with E-state index in [0.29, 0.717) is 11.3 Å². The molecule has 0 radical (unpaired) electrons. The molecule has 1 aliphatic carbocycles. The fourth-order valence-electron chi connectivity index (χ4n) is 4.43. The minimum atomic E-state index is -0.508. The molecule has 158 valence electrons. The molecule has 1 aliphatic heterocycles. The fraction of sp³-hybridized carbons (Fsp3) is 0.591. The number of carbonyl (C=O) groups is 3. The molecule has 3 N–H and O–H groups in total. The van der Waals surface area contributed by atoms with Crippen LogP contribution in [0.2, 0.25) is 0 Å². The van der Waals surface area contributed by atoms with Crippen molar-refractivity contribution in [2.75, 3.05) is 6.61 Å². The first kappa shape index (κ1) is 21.1. The Hall–Kier alpha value is -2.57. The third-order valence-electron chi connectivity index (χ3n) is 6.16. The fourth-order valence-corrected chi connectivity index (χ4v) is 4.43.